The summed E-state index contributed by atoms with van der Waals surface area (Å²) < 4.78 is 26.6. The molecule has 1 unspecified atom stereocenters. The smallest absolute Gasteiger partial charge is 0.287 e. The van der Waals surface area contributed by atoms with Gasteiger partial charge in [-0.2, -0.15) is 8.78 Å². The van der Waals surface area contributed by atoms with Crippen LogP contribution in [0.2, 0.25) is 0 Å². The van der Waals surface area contributed by atoms with E-state index in [1.807, 2.05) is 0 Å². The van der Waals surface area contributed by atoms with E-state index in [2.05, 4.69) is 16.9 Å². The molecular weight excluding hydrogens is 202 g/mol. The van der Waals surface area contributed by atoms with E-state index in [-0.39, 0.29) is 25.1 Å². The highest BCUT2D eigenvalue weighted by Gasteiger charge is 2.31. The van der Waals surface area contributed by atoms with Crippen LogP contribution in [-0.2, 0) is 0 Å². The summed E-state index contributed by atoms with van der Waals surface area (Å²) in [5.41, 5.74) is -0.133. The summed E-state index contributed by atoms with van der Waals surface area (Å²) in [5.74, 6) is -3.07. The largest absolute Gasteiger partial charge is 0.391 e. The van der Waals surface area contributed by atoms with Gasteiger partial charge in [0.2, 0.25) is 0 Å². The van der Waals surface area contributed by atoms with E-state index in [4.69, 9.17) is 0 Å². The molecule has 0 aromatic carbocycles. The second-order valence-corrected chi connectivity index (χ2v) is 3.32. The minimum atomic E-state index is -3.07. The SMILES string of the molecule is C=CC(F)(F)C1=CCN=CNCC(O)C1. The Labute approximate surface area is 87.2 Å². The van der Waals surface area contributed by atoms with Gasteiger partial charge in [0.05, 0.1) is 19.0 Å². The van der Waals surface area contributed by atoms with Crippen LogP contribution in [0.3, 0.4) is 0 Å². The minimum Gasteiger partial charge on any atom is -0.391 e. The maximum Gasteiger partial charge on any atom is 0.287 e. The van der Waals surface area contributed by atoms with E-state index in [1.165, 1.54) is 12.4 Å². The van der Waals surface area contributed by atoms with Crippen LogP contribution in [0.5, 0.6) is 0 Å². The van der Waals surface area contributed by atoms with E-state index in [9.17, 15) is 13.9 Å². The highest BCUT2D eigenvalue weighted by molar-refractivity contribution is 5.54. The van der Waals surface area contributed by atoms with Crippen molar-refractivity contribution in [3.8, 4) is 0 Å². The summed E-state index contributed by atoms with van der Waals surface area (Å²) in [6.45, 7) is 3.48. The predicted molar refractivity (Wildman–Crippen MR) is 55.2 cm³/mol. The third-order valence-electron chi connectivity index (χ3n) is 2.12. The Morgan fingerprint density at radius 2 is 2.40 bits per heavy atom. The van der Waals surface area contributed by atoms with Crippen molar-refractivity contribution in [3.05, 3.63) is 24.3 Å². The van der Waals surface area contributed by atoms with E-state index >= 15 is 0 Å². The molecule has 0 radical (unpaired) electrons. The van der Waals surface area contributed by atoms with Crippen molar-refractivity contribution >= 4 is 6.34 Å². The van der Waals surface area contributed by atoms with Gasteiger partial charge >= 0.3 is 0 Å². The fraction of sp³-hybridized carbons (Fsp3) is 0.500. The fourth-order valence-corrected chi connectivity index (χ4v) is 1.28. The van der Waals surface area contributed by atoms with Gasteiger partial charge in [-0.25, -0.2) is 0 Å². The molecule has 1 atom stereocenters. The third-order valence-corrected chi connectivity index (χ3v) is 2.12. The highest BCUT2D eigenvalue weighted by Crippen LogP contribution is 2.28. The minimum absolute atomic E-state index is 0.0740. The zero-order chi connectivity index (χ0) is 11.3. The van der Waals surface area contributed by atoms with Gasteiger partial charge in [-0.15, -0.1) is 0 Å². The van der Waals surface area contributed by atoms with Crippen LogP contribution >= 0.6 is 0 Å². The topological polar surface area (TPSA) is 44.6 Å². The first-order valence-electron chi connectivity index (χ1n) is 4.67. The van der Waals surface area contributed by atoms with Gasteiger partial charge in [-0.1, -0.05) is 12.7 Å². The Morgan fingerprint density at radius 3 is 3.07 bits per heavy atom. The summed E-state index contributed by atoms with van der Waals surface area (Å²) in [6, 6.07) is 0. The Morgan fingerprint density at radius 1 is 1.67 bits per heavy atom. The Bertz CT molecular complexity index is 287. The van der Waals surface area contributed by atoms with Gasteiger partial charge < -0.3 is 10.4 Å². The average Bonchev–Trinajstić information content (AvgIpc) is 2.30. The summed E-state index contributed by atoms with van der Waals surface area (Å²) in [6.07, 6.45) is 2.41. The Hall–Kier alpha value is -1.23. The van der Waals surface area contributed by atoms with Gasteiger partial charge in [-0.3, -0.25) is 4.99 Å². The van der Waals surface area contributed by atoms with Crippen molar-refractivity contribution in [2.45, 2.75) is 18.4 Å². The Balaban J connectivity index is 2.83. The van der Waals surface area contributed by atoms with Crippen LogP contribution in [0.25, 0.3) is 0 Å². The first-order chi connectivity index (χ1) is 7.06. The van der Waals surface area contributed by atoms with E-state index in [1.54, 1.807) is 0 Å². The Kier molecular flexibility index (Phi) is 3.96. The molecule has 5 heteroatoms. The lowest BCUT2D eigenvalue weighted by Gasteiger charge is -2.18. The molecule has 3 nitrogen and oxygen atoms in total. The second kappa shape index (κ2) is 5.02. The fourth-order valence-electron chi connectivity index (χ4n) is 1.28. The first kappa shape index (κ1) is 11.8. The molecule has 1 rings (SSSR count). The maximum absolute atomic E-state index is 13.3. The molecular formula is C10H14F2N2O. The number of aliphatic hydroxyl groups excluding tert-OH is 1. The number of hydrogen-bond donors (Lipinski definition) is 2. The average molecular weight is 216 g/mol. The number of aliphatic imine (C=N–C) groups is 1. The van der Waals surface area contributed by atoms with Gasteiger partial charge in [0.25, 0.3) is 5.92 Å². The molecule has 1 aliphatic rings. The number of nitrogens with one attached hydrogen (secondary N) is 1. The lowest BCUT2D eigenvalue weighted by molar-refractivity contribution is 0.0795. The van der Waals surface area contributed by atoms with Crippen molar-refractivity contribution in [1.29, 1.82) is 0 Å². The van der Waals surface area contributed by atoms with Crippen LogP contribution in [-0.4, -0.2) is 36.6 Å². The quantitative estimate of drug-likeness (QED) is 0.679. The zero-order valence-corrected chi connectivity index (χ0v) is 8.29. The predicted octanol–water partition coefficient (Wildman–Crippen LogP) is 1.12. The summed E-state index contributed by atoms with van der Waals surface area (Å²) in [4.78, 5) is 3.83. The molecule has 0 bridgehead atoms. The van der Waals surface area contributed by atoms with Crippen LogP contribution in [0.1, 0.15) is 6.42 Å². The molecule has 2 N–H and O–H groups in total. The number of β-amino-alcohol motifs (C(OH)–C–C–N with tert-alkyl or cyclic N) is 1. The number of allylic oxidation sites excluding steroid dienone is 1. The van der Waals surface area contributed by atoms with Gasteiger partial charge in [0.15, 0.2) is 0 Å². The third kappa shape index (κ3) is 3.43. The number of aliphatic hydroxyl groups is 1. The molecule has 0 saturated heterocycles. The molecule has 0 spiro atoms. The van der Waals surface area contributed by atoms with E-state index in [0.717, 1.165) is 0 Å². The molecule has 0 fully saturated rings. The number of halogens is 2. The van der Waals surface area contributed by atoms with Gasteiger partial charge in [0.1, 0.15) is 0 Å². The molecule has 0 aliphatic carbocycles. The van der Waals surface area contributed by atoms with Crippen LogP contribution in [0.15, 0.2) is 29.3 Å². The maximum atomic E-state index is 13.3. The molecule has 0 amide bonds. The summed E-state index contributed by atoms with van der Waals surface area (Å²) in [7, 11) is 0. The molecule has 0 aromatic rings. The number of alkyl halides is 2. The van der Waals surface area contributed by atoms with E-state index < -0.39 is 12.0 Å². The van der Waals surface area contributed by atoms with Gasteiger partial charge in [0, 0.05) is 18.5 Å². The monoisotopic (exact) mass is 216 g/mol. The van der Waals surface area contributed by atoms with Crippen molar-refractivity contribution < 1.29 is 13.9 Å². The van der Waals surface area contributed by atoms with Crippen molar-refractivity contribution in [3.63, 3.8) is 0 Å². The highest BCUT2D eigenvalue weighted by atomic mass is 19.3. The van der Waals surface area contributed by atoms with Crippen molar-refractivity contribution in [1.82, 2.24) is 5.32 Å². The molecule has 0 saturated carbocycles. The molecule has 15 heavy (non-hydrogen) atoms. The zero-order valence-electron chi connectivity index (χ0n) is 8.29. The van der Waals surface area contributed by atoms with Crippen molar-refractivity contribution in [2.75, 3.05) is 13.1 Å². The lowest BCUT2D eigenvalue weighted by Crippen LogP contribution is -2.28. The van der Waals surface area contributed by atoms with E-state index in [0.29, 0.717) is 6.08 Å². The van der Waals surface area contributed by atoms with Crippen LogP contribution < -0.4 is 5.32 Å². The number of hydrogen-bond acceptors (Lipinski definition) is 3. The van der Waals surface area contributed by atoms with Crippen molar-refractivity contribution in [2.24, 2.45) is 4.99 Å². The normalized spacial score (nSPS) is 23.1. The lowest BCUT2D eigenvalue weighted by atomic mass is 10.0. The number of nitrogens with zero attached hydrogens (tertiary/aromatic N) is 1. The van der Waals surface area contributed by atoms with Crippen LogP contribution in [0, 0.1) is 0 Å². The first-order valence-corrected chi connectivity index (χ1v) is 4.67. The molecule has 84 valence electrons. The summed E-state index contributed by atoms with van der Waals surface area (Å²) >= 11 is 0. The second-order valence-electron chi connectivity index (χ2n) is 3.32. The summed E-state index contributed by atoms with van der Waals surface area (Å²) in [5, 5.41) is 12.2. The molecule has 0 aromatic heterocycles. The standard InChI is InChI=1S/C10H14F2N2O/c1-2-10(11,12)8-3-4-13-7-14-6-9(15)5-8/h2-3,7,9,15H,1,4-6H2,(H,13,14). The number of rotatable bonds is 2. The van der Waals surface area contributed by atoms with Gasteiger partial charge in [-0.05, 0) is 6.08 Å². The molecule has 1 heterocycles. The van der Waals surface area contributed by atoms with Crippen LogP contribution in [0.4, 0.5) is 8.78 Å². The molecule has 1 aliphatic heterocycles.